The van der Waals surface area contributed by atoms with Crippen molar-refractivity contribution in [3.05, 3.63) is 78.9 Å². The van der Waals surface area contributed by atoms with E-state index in [1.54, 1.807) is 7.11 Å². The van der Waals surface area contributed by atoms with Crippen molar-refractivity contribution < 1.29 is 9.53 Å². The van der Waals surface area contributed by atoms with Crippen molar-refractivity contribution in [1.82, 2.24) is 0 Å². The van der Waals surface area contributed by atoms with Crippen LogP contribution in [0, 0.1) is 0 Å². The molecule has 3 rings (SSSR count). The summed E-state index contributed by atoms with van der Waals surface area (Å²) in [5.41, 5.74) is 2.43. The first-order chi connectivity index (χ1) is 14.5. The zero-order valence-electron chi connectivity index (χ0n) is 16.7. The molecule has 3 aromatic carbocycles. The number of thiocarbonyl (C=S) groups is 1. The van der Waals surface area contributed by atoms with Crippen molar-refractivity contribution in [1.29, 1.82) is 0 Å². The Bertz CT molecular complexity index is 1010. The Morgan fingerprint density at radius 1 is 0.900 bits per heavy atom. The van der Waals surface area contributed by atoms with E-state index in [4.69, 9.17) is 17.0 Å². The number of rotatable bonds is 7. The number of methoxy groups -OCH3 is 1. The number of carbonyl (C=O) groups is 1. The second-order valence-electron chi connectivity index (χ2n) is 6.42. The summed E-state index contributed by atoms with van der Waals surface area (Å²) in [6, 6.07) is 24.9. The Hall–Kier alpha value is -3.03. The fourth-order valence-electron chi connectivity index (χ4n) is 2.70. The lowest BCUT2D eigenvalue weighted by atomic mass is 10.3. The Morgan fingerprint density at radius 3 is 2.33 bits per heavy atom. The van der Waals surface area contributed by atoms with E-state index in [1.807, 2.05) is 85.8 Å². The SMILES string of the molecule is COc1ccccc1NC(=O)C(C)Sc1cccc(NC(=S)Nc2ccccc2)c1. The number of thioether (sulfide) groups is 1. The first-order valence-corrected chi connectivity index (χ1v) is 10.7. The molecule has 154 valence electrons. The topological polar surface area (TPSA) is 62.4 Å². The Morgan fingerprint density at radius 2 is 1.57 bits per heavy atom. The van der Waals surface area contributed by atoms with Crippen LogP contribution in [0.1, 0.15) is 6.92 Å². The zero-order chi connectivity index (χ0) is 21.3. The van der Waals surface area contributed by atoms with E-state index in [9.17, 15) is 4.79 Å². The third-order valence-corrected chi connectivity index (χ3v) is 5.47. The Kier molecular flexibility index (Phi) is 7.70. The fourth-order valence-corrected chi connectivity index (χ4v) is 3.86. The summed E-state index contributed by atoms with van der Waals surface area (Å²) in [4.78, 5) is 13.6. The van der Waals surface area contributed by atoms with Crippen molar-refractivity contribution in [3.63, 3.8) is 0 Å². The van der Waals surface area contributed by atoms with Crippen LogP contribution in [0.15, 0.2) is 83.8 Å². The van der Waals surface area contributed by atoms with Crippen LogP contribution in [0.5, 0.6) is 5.75 Å². The molecular formula is C23H23N3O2S2. The van der Waals surface area contributed by atoms with Gasteiger partial charge in [0.15, 0.2) is 5.11 Å². The van der Waals surface area contributed by atoms with Crippen LogP contribution in [0.4, 0.5) is 17.1 Å². The summed E-state index contributed by atoms with van der Waals surface area (Å²) in [5, 5.41) is 9.46. The molecule has 1 amide bonds. The molecule has 0 heterocycles. The average molecular weight is 438 g/mol. The van der Waals surface area contributed by atoms with Crippen molar-refractivity contribution in [2.45, 2.75) is 17.1 Å². The molecule has 3 N–H and O–H groups in total. The summed E-state index contributed by atoms with van der Waals surface area (Å²) in [5.74, 6) is 0.540. The van der Waals surface area contributed by atoms with Gasteiger partial charge in [-0.15, -0.1) is 11.8 Å². The van der Waals surface area contributed by atoms with Crippen LogP contribution in [0.3, 0.4) is 0 Å². The predicted molar refractivity (Wildman–Crippen MR) is 130 cm³/mol. The van der Waals surface area contributed by atoms with Crippen LogP contribution in [-0.2, 0) is 4.79 Å². The summed E-state index contributed by atoms with van der Waals surface area (Å²) >= 11 is 6.86. The molecule has 0 aromatic heterocycles. The molecule has 0 aliphatic rings. The Balaban J connectivity index is 1.58. The highest BCUT2D eigenvalue weighted by atomic mass is 32.2. The van der Waals surface area contributed by atoms with E-state index in [2.05, 4.69) is 16.0 Å². The molecule has 0 fully saturated rings. The minimum absolute atomic E-state index is 0.0934. The van der Waals surface area contributed by atoms with Gasteiger partial charge in [-0.25, -0.2) is 0 Å². The van der Waals surface area contributed by atoms with E-state index in [0.29, 0.717) is 16.5 Å². The first-order valence-electron chi connectivity index (χ1n) is 9.39. The lowest BCUT2D eigenvalue weighted by Crippen LogP contribution is -2.22. The highest BCUT2D eigenvalue weighted by Gasteiger charge is 2.16. The van der Waals surface area contributed by atoms with Crippen LogP contribution in [0.25, 0.3) is 0 Å². The molecular weight excluding hydrogens is 414 g/mol. The summed E-state index contributed by atoms with van der Waals surface area (Å²) in [6.07, 6.45) is 0. The molecule has 30 heavy (non-hydrogen) atoms. The van der Waals surface area contributed by atoms with Crippen LogP contribution >= 0.6 is 24.0 Å². The van der Waals surface area contributed by atoms with Crippen LogP contribution < -0.4 is 20.7 Å². The van der Waals surface area contributed by atoms with Gasteiger partial charge in [0, 0.05) is 16.3 Å². The maximum atomic E-state index is 12.6. The first kappa shape index (κ1) is 21.7. The smallest absolute Gasteiger partial charge is 0.237 e. The van der Waals surface area contributed by atoms with Crippen molar-refractivity contribution in [2.75, 3.05) is 23.1 Å². The van der Waals surface area contributed by atoms with Gasteiger partial charge in [-0.2, -0.15) is 0 Å². The number of hydrogen-bond donors (Lipinski definition) is 3. The fraction of sp³-hybridized carbons (Fsp3) is 0.130. The molecule has 1 unspecified atom stereocenters. The second kappa shape index (κ2) is 10.7. The number of amides is 1. The van der Waals surface area contributed by atoms with Crippen molar-refractivity contribution in [2.24, 2.45) is 0 Å². The number of carbonyl (C=O) groups excluding carboxylic acids is 1. The number of hydrogen-bond acceptors (Lipinski definition) is 4. The minimum Gasteiger partial charge on any atom is -0.495 e. The van der Waals surface area contributed by atoms with Gasteiger partial charge in [0.25, 0.3) is 0 Å². The molecule has 0 spiro atoms. The summed E-state index contributed by atoms with van der Waals surface area (Å²) in [6.45, 7) is 1.87. The second-order valence-corrected chi connectivity index (χ2v) is 8.25. The lowest BCUT2D eigenvalue weighted by Gasteiger charge is -2.15. The van der Waals surface area contributed by atoms with Crippen molar-refractivity contribution in [3.8, 4) is 5.75 Å². The van der Waals surface area contributed by atoms with E-state index in [0.717, 1.165) is 16.3 Å². The van der Waals surface area contributed by atoms with E-state index in [-0.39, 0.29) is 11.2 Å². The third kappa shape index (κ3) is 6.23. The molecule has 0 saturated heterocycles. The van der Waals surface area contributed by atoms with Gasteiger partial charge in [-0.05, 0) is 61.6 Å². The number of para-hydroxylation sites is 3. The van der Waals surface area contributed by atoms with Gasteiger partial charge < -0.3 is 20.7 Å². The van der Waals surface area contributed by atoms with E-state index in [1.165, 1.54) is 11.8 Å². The molecule has 0 bridgehead atoms. The van der Waals surface area contributed by atoms with Crippen LogP contribution in [0.2, 0.25) is 0 Å². The lowest BCUT2D eigenvalue weighted by molar-refractivity contribution is -0.115. The van der Waals surface area contributed by atoms with Gasteiger partial charge in [0.2, 0.25) is 5.91 Å². The van der Waals surface area contributed by atoms with Crippen LogP contribution in [-0.4, -0.2) is 23.4 Å². The van der Waals surface area contributed by atoms with Gasteiger partial charge >= 0.3 is 0 Å². The van der Waals surface area contributed by atoms with Gasteiger partial charge in [-0.3, -0.25) is 4.79 Å². The predicted octanol–water partition coefficient (Wildman–Crippen LogP) is 5.62. The van der Waals surface area contributed by atoms with Crippen molar-refractivity contribution >= 4 is 52.1 Å². The molecule has 1 atom stereocenters. The van der Waals surface area contributed by atoms with Gasteiger partial charge in [-0.1, -0.05) is 36.4 Å². The molecule has 0 saturated carbocycles. The molecule has 5 nitrogen and oxygen atoms in total. The minimum atomic E-state index is -0.292. The van der Waals surface area contributed by atoms with Gasteiger partial charge in [0.1, 0.15) is 5.75 Å². The number of anilines is 3. The number of benzene rings is 3. The highest BCUT2D eigenvalue weighted by molar-refractivity contribution is 8.00. The Labute approximate surface area is 186 Å². The molecule has 0 aliphatic heterocycles. The summed E-state index contributed by atoms with van der Waals surface area (Å²) in [7, 11) is 1.58. The highest BCUT2D eigenvalue weighted by Crippen LogP contribution is 2.28. The monoisotopic (exact) mass is 437 g/mol. The largest absolute Gasteiger partial charge is 0.495 e. The number of nitrogens with one attached hydrogen (secondary N) is 3. The van der Waals surface area contributed by atoms with Gasteiger partial charge in [0.05, 0.1) is 18.0 Å². The number of ether oxygens (including phenoxy) is 1. The third-order valence-electron chi connectivity index (χ3n) is 4.17. The normalized spacial score (nSPS) is 11.3. The standard InChI is InChI=1S/C23H23N3O2S2/c1-16(22(27)26-20-13-6-7-14-21(20)28-2)30-19-12-8-11-18(15-19)25-23(29)24-17-9-4-3-5-10-17/h3-16H,1-2H3,(H,26,27)(H2,24,25,29). The zero-order valence-corrected chi connectivity index (χ0v) is 18.3. The molecule has 0 radical (unpaired) electrons. The van der Waals surface area contributed by atoms with E-state index >= 15 is 0 Å². The molecule has 3 aromatic rings. The molecule has 7 heteroatoms. The molecule has 0 aliphatic carbocycles. The van der Waals surface area contributed by atoms with E-state index < -0.39 is 0 Å². The average Bonchev–Trinajstić information content (AvgIpc) is 2.75. The quantitative estimate of drug-likeness (QED) is 0.329. The maximum absolute atomic E-state index is 12.6. The summed E-state index contributed by atoms with van der Waals surface area (Å²) < 4.78 is 5.29. The maximum Gasteiger partial charge on any atom is 0.237 e.